The van der Waals surface area contributed by atoms with E-state index in [0.29, 0.717) is 6.07 Å². The molecule has 0 radical (unpaired) electrons. The SMILES string of the molecule is Nc1cc(-c2c(F)c(O)cc(O)c2F)on1. The molecule has 1 aromatic heterocycles. The minimum Gasteiger partial charge on any atom is -0.505 e. The number of anilines is 1. The Kier molecular flexibility index (Phi) is 2.15. The topological polar surface area (TPSA) is 92.5 Å². The summed E-state index contributed by atoms with van der Waals surface area (Å²) in [6.07, 6.45) is 0. The highest BCUT2D eigenvalue weighted by Crippen LogP contribution is 2.36. The maximum atomic E-state index is 13.4. The largest absolute Gasteiger partial charge is 0.505 e. The third kappa shape index (κ3) is 1.42. The van der Waals surface area contributed by atoms with E-state index >= 15 is 0 Å². The van der Waals surface area contributed by atoms with Gasteiger partial charge in [-0.15, -0.1) is 0 Å². The van der Waals surface area contributed by atoms with Gasteiger partial charge in [0.15, 0.2) is 34.7 Å². The molecule has 1 aromatic carbocycles. The molecule has 0 spiro atoms. The van der Waals surface area contributed by atoms with Crippen LogP contribution in [0.3, 0.4) is 0 Å². The fraction of sp³-hybridized carbons (Fsp3) is 0. The van der Waals surface area contributed by atoms with Crippen LogP contribution in [-0.2, 0) is 0 Å². The van der Waals surface area contributed by atoms with Gasteiger partial charge >= 0.3 is 0 Å². The number of benzene rings is 1. The summed E-state index contributed by atoms with van der Waals surface area (Å²) in [6, 6.07) is 1.62. The smallest absolute Gasteiger partial charge is 0.179 e. The number of phenols is 2. The third-order valence-corrected chi connectivity index (χ3v) is 1.94. The van der Waals surface area contributed by atoms with Crippen molar-refractivity contribution in [3.05, 3.63) is 23.8 Å². The summed E-state index contributed by atoms with van der Waals surface area (Å²) in [4.78, 5) is 0. The standard InChI is InChI=1S/C9H6F2N2O3/c10-8-3(14)1-4(15)9(11)7(8)5-2-6(12)13-16-5/h1-2,14-15H,(H2,12,13). The first-order chi connectivity index (χ1) is 7.50. The van der Waals surface area contributed by atoms with Crippen molar-refractivity contribution >= 4 is 5.82 Å². The molecule has 0 unspecified atom stereocenters. The average molecular weight is 228 g/mol. The Morgan fingerprint density at radius 2 is 1.69 bits per heavy atom. The molecule has 0 bridgehead atoms. The number of aromatic hydroxyl groups is 2. The molecule has 0 amide bonds. The van der Waals surface area contributed by atoms with Crippen LogP contribution >= 0.6 is 0 Å². The Morgan fingerprint density at radius 3 is 2.12 bits per heavy atom. The van der Waals surface area contributed by atoms with Crippen molar-refractivity contribution in [3.8, 4) is 22.8 Å². The number of hydrogen-bond acceptors (Lipinski definition) is 5. The molecule has 7 heteroatoms. The zero-order valence-corrected chi connectivity index (χ0v) is 7.74. The van der Waals surface area contributed by atoms with E-state index < -0.39 is 28.7 Å². The number of phenolic OH excluding ortho intramolecular Hbond substituents is 2. The summed E-state index contributed by atoms with van der Waals surface area (Å²) in [5.41, 5.74) is 4.50. The van der Waals surface area contributed by atoms with Gasteiger partial charge in [-0.3, -0.25) is 0 Å². The summed E-state index contributed by atoms with van der Waals surface area (Å²) in [6.45, 7) is 0. The van der Waals surface area contributed by atoms with Gasteiger partial charge < -0.3 is 20.5 Å². The Balaban J connectivity index is 2.73. The van der Waals surface area contributed by atoms with E-state index in [1.807, 2.05) is 0 Å². The van der Waals surface area contributed by atoms with Gasteiger partial charge in [0.1, 0.15) is 0 Å². The van der Waals surface area contributed by atoms with Crippen LogP contribution in [0.5, 0.6) is 11.5 Å². The van der Waals surface area contributed by atoms with Gasteiger partial charge in [-0.25, -0.2) is 8.78 Å². The summed E-state index contributed by atoms with van der Waals surface area (Å²) in [7, 11) is 0. The minimum atomic E-state index is -1.26. The molecule has 0 aliphatic carbocycles. The Hall–Kier alpha value is -2.31. The number of hydrogen-bond donors (Lipinski definition) is 3. The molecule has 0 fully saturated rings. The van der Waals surface area contributed by atoms with Gasteiger partial charge in [0.2, 0.25) is 0 Å². The molecule has 0 aliphatic heterocycles. The quantitative estimate of drug-likeness (QED) is 0.689. The van der Waals surface area contributed by atoms with Crippen molar-refractivity contribution in [2.75, 3.05) is 5.73 Å². The van der Waals surface area contributed by atoms with Gasteiger partial charge in [0.05, 0.1) is 5.56 Å². The van der Waals surface area contributed by atoms with Crippen molar-refractivity contribution < 1.29 is 23.5 Å². The van der Waals surface area contributed by atoms with Crippen LogP contribution in [-0.4, -0.2) is 15.4 Å². The molecule has 0 aliphatic rings. The van der Waals surface area contributed by atoms with Crippen LogP contribution in [0.25, 0.3) is 11.3 Å². The second kappa shape index (κ2) is 3.37. The lowest BCUT2D eigenvalue weighted by Crippen LogP contribution is -1.90. The molecule has 1 heterocycles. The van der Waals surface area contributed by atoms with Crippen LogP contribution < -0.4 is 5.73 Å². The molecular weight excluding hydrogens is 222 g/mol. The van der Waals surface area contributed by atoms with Crippen molar-refractivity contribution in [2.24, 2.45) is 0 Å². The Morgan fingerprint density at radius 1 is 1.12 bits per heavy atom. The lowest BCUT2D eigenvalue weighted by molar-refractivity contribution is 0.390. The monoisotopic (exact) mass is 228 g/mol. The fourth-order valence-electron chi connectivity index (χ4n) is 1.23. The molecule has 16 heavy (non-hydrogen) atoms. The van der Waals surface area contributed by atoms with Crippen molar-refractivity contribution in [1.29, 1.82) is 0 Å². The first kappa shape index (κ1) is 10.2. The molecule has 2 rings (SSSR count). The van der Waals surface area contributed by atoms with E-state index in [-0.39, 0.29) is 11.6 Å². The highest BCUT2D eigenvalue weighted by Gasteiger charge is 2.22. The lowest BCUT2D eigenvalue weighted by atomic mass is 10.1. The third-order valence-electron chi connectivity index (χ3n) is 1.94. The van der Waals surface area contributed by atoms with E-state index in [4.69, 9.17) is 15.9 Å². The first-order valence-corrected chi connectivity index (χ1v) is 4.13. The number of rotatable bonds is 1. The fourth-order valence-corrected chi connectivity index (χ4v) is 1.23. The molecular formula is C9H6F2N2O3. The second-order valence-electron chi connectivity index (χ2n) is 3.03. The van der Waals surface area contributed by atoms with Crippen LogP contribution in [0.15, 0.2) is 16.7 Å². The Bertz CT molecular complexity index is 528. The molecule has 4 N–H and O–H groups in total. The normalized spacial score (nSPS) is 10.6. The minimum absolute atomic E-state index is 0.0726. The first-order valence-electron chi connectivity index (χ1n) is 4.13. The summed E-state index contributed by atoms with van der Waals surface area (Å²) >= 11 is 0. The zero-order valence-electron chi connectivity index (χ0n) is 7.74. The van der Waals surface area contributed by atoms with Gasteiger partial charge in [0, 0.05) is 12.1 Å². The average Bonchev–Trinajstić information content (AvgIpc) is 2.62. The van der Waals surface area contributed by atoms with Gasteiger partial charge in [-0.1, -0.05) is 5.16 Å². The van der Waals surface area contributed by atoms with Crippen molar-refractivity contribution in [1.82, 2.24) is 5.16 Å². The predicted molar refractivity (Wildman–Crippen MR) is 49.6 cm³/mol. The van der Waals surface area contributed by atoms with Gasteiger partial charge in [-0.05, 0) is 0 Å². The van der Waals surface area contributed by atoms with Gasteiger partial charge in [-0.2, -0.15) is 0 Å². The van der Waals surface area contributed by atoms with Crippen LogP contribution in [0.4, 0.5) is 14.6 Å². The number of aromatic nitrogens is 1. The van der Waals surface area contributed by atoms with Crippen LogP contribution in [0.1, 0.15) is 0 Å². The maximum absolute atomic E-state index is 13.4. The number of nitrogens with zero attached hydrogens (tertiary/aromatic N) is 1. The molecule has 0 saturated carbocycles. The zero-order chi connectivity index (χ0) is 11.9. The van der Waals surface area contributed by atoms with Crippen molar-refractivity contribution in [2.45, 2.75) is 0 Å². The van der Waals surface area contributed by atoms with E-state index in [0.717, 1.165) is 6.07 Å². The number of halogens is 2. The highest BCUT2D eigenvalue weighted by molar-refractivity contribution is 5.66. The molecule has 84 valence electrons. The number of nitrogen functional groups attached to an aromatic ring is 1. The summed E-state index contributed by atoms with van der Waals surface area (Å²) < 4.78 is 31.4. The molecule has 2 aromatic rings. The lowest BCUT2D eigenvalue weighted by Gasteiger charge is -2.04. The van der Waals surface area contributed by atoms with E-state index in [9.17, 15) is 8.78 Å². The summed E-state index contributed by atoms with van der Waals surface area (Å²) in [5.74, 6) is -4.71. The van der Waals surface area contributed by atoms with Crippen LogP contribution in [0, 0.1) is 11.6 Å². The maximum Gasteiger partial charge on any atom is 0.179 e. The highest BCUT2D eigenvalue weighted by atomic mass is 19.1. The summed E-state index contributed by atoms with van der Waals surface area (Å²) in [5, 5.41) is 21.4. The number of nitrogens with two attached hydrogens (primary N) is 1. The van der Waals surface area contributed by atoms with Crippen molar-refractivity contribution in [3.63, 3.8) is 0 Å². The second-order valence-corrected chi connectivity index (χ2v) is 3.03. The van der Waals surface area contributed by atoms with E-state index in [2.05, 4.69) is 9.68 Å². The molecule has 0 atom stereocenters. The van der Waals surface area contributed by atoms with E-state index in [1.165, 1.54) is 0 Å². The van der Waals surface area contributed by atoms with E-state index in [1.54, 1.807) is 0 Å². The van der Waals surface area contributed by atoms with Gasteiger partial charge in [0.25, 0.3) is 0 Å². The molecule has 5 nitrogen and oxygen atoms in total. The van der Waals surface area contributed by atoms with Crippen LogP contribution in [0.2, 0.25) is 0 Å². The Labute approximate surface area is 87.7 Å². The predicted octanol–water partition coefficient (Wildman–Crippen LogP) is 1.61. The molecule has 0 saturated heterocycles.